The molecule has 0 N–H and O–H groups in total. The third-order valence-electron chi connectivity index (χ3n) is 6.58. The second-order valence-electron chi connectivity index (χ2n) is 8.59. The van der Waals surface area contributed by atoms with E-state index in [4.69, 9.17) is 5.10 Å². The maximum Gasteiger partial charge on any atom is 0.211 e. The first kappa shape index (κ1) is 18.4. The van der Waals surface area contributed by atoms with Crippen LogP contribution < -0.4 is 0 Å². The van der Waals surface area contributed by atoms with Gasteiger partial charge in [0, 0.05) is 29.0 Å². The molecular formula is C23H23N3O2. The van der Waals surface area contributed by atoms with Gasteiger partial charge in [0.2, 0.25) is 5.78 Å². The highest BCUT2D eigenvalue weighted by Crippen LogP contribution is 2.54. The number of hydrogen-bond donors (Lipinski definition) is 0. The largest absolute Gasteiger partial charge is 0.293 e. The fourth-order valence-electron chi connectivity index (χ4n) is 5.23. The molecule has 2 aliphatic rings. The lowest BCUT2D eigenvalue weighted by Crippen LogP contribution is -2.51. The number of allylic oxidation sites excluding steroid dienone is 2. The van der Waals surface area contributed by atoms with Gasteiger partial charge in [0.1, 0.15) is 11.8 Å². The van der Waals surface area contributed by atoms with Crippen LogP contribution in [0.25, 0.3) is 0 Å². The molecule has 0 amide bonds. The minimum Gasteiger partial charge on any atom is -0.293 e. The van der Waals surface area contributed by atoms with Crippen LogP contribution in [0.1, 0.15) is 54.5 Å². The monoisotopic (exact) mass is 373 g/mol. The Morgan fingerprint density at radius 1 is 1.25 bits per heavy atom. The first-order valence-electron chi connectivity index (χ1n) is 9.55. The zero-order valence-electron chi connectivity index (χ0n) is 16.6. The van der Waals surface area contributed by atoms with Gasteiger partial charge in [-0.1, -0.05) is 57.2 Å². The van der Waals surface area contributed by atoms with E-state index in [2.05, 4.69) is 6.07 Å². The number of fused-ring (bicyclic) bond motifs is 3. The van der Waals surface area contributed by atoms with E-state index in [0.29, 0.717) is 17.7 Å². The smallest absolute Gasteiger partial charge is 0.211 e. The number of hydrogen-bond acceptors (Lipinski definition) is 4. The van der Waals surface area contributed by atoms with Gasteiger partial charge in [-0.25, -0.2) is 0 Å². The zero-order chi connectivity index (χ0) is 20.3. The van der Waals surface area contributed by atoms with Crippen LogP contribution in [0.15, 0.2) is 42.0 Å². The van der Waals surface area contributed by atoms with Crippen LogP contribution in [0, 0.1) is 22.7 Å². The average Bonchev–Trinajstić information content (AvgIpc) is 3.02. The number of aryl methyl sites for hydroxylation is 1. The Bertz CT molecular complexity index is 1070. The summed E-state index contributed by atoms with van der Waals surface area (Å²) in [5.41, 5.74) is 1.98. The number of nitrogens with zero attached hydrogens (tertiary/aromatic N) is 3. The van der Waals surface area contributed by atoms with Gasteiger partial charge in [-0.2, -0.15) is 10.4 Å². The molecular weight excluding hydrogens is 350 g/mol. The highest BCUT2D eigenvalue weighted by Gasteiger charge is 2.55. The quantitative estimate of drug-likeness (QED) is 0.755. The molecule has 0 radical (unpaired) electrons. The van der Waals surface area contributed by atoms with Crippen molar-refractivity contribution >= 4 is 11.6 Å². The lowest BCUT2D eigenvalue weighted by atomic mass is 9.52. The van der Waals surface area contributed by atoms with E-state index in [1.54, 1.807) is 17.8 Å². The second kappa shape index (κ2) is 6.00. The molecule has 0 aliphatic heterocycles. The van der Waals surface area contributed by atoms with Gasteiger partial charge in [0.05, 0.1) is 11.3 Å². The summed E-state index contributed by atoms with van der Waals surface area (Å²) >= 11 is 0. The molecule has 0 saturated carbocycles. The van der Waals surface area contributed by atoms with Gasteiger partial charge in [0.25, 0.3) is 0 Å². The van der Waals surface area contributed by atoms with Crippen molar-refractivity contribution in [3.8, 4) is 6.07 Å². The molecule has 4 rings (SSSR count). The number of carbonyl (C=O) groups is 2. The van der Waals surface area contributed by atoms with E-state index in [9.17, 15) is 14.9 Å². The van der Waals surface area contributed by atoms with Crippen molar-refractivity contribution in [1.82, 2.24) is 9.78 Å². The Kier molecular flexibility index (Phi) is 3.94. The summed E-state index contributed by atoms with van der Waals surface area (Å²) in [7, 11) is 1.79. The predicted molar refractivity (Wildman–Crippen MR) is 105 cm³/mol. The zero-order valence-corrected chi connectivity index (χ0v) is 16.6. The normalized spacial score (nSPS) is 25.3. The van der Waals surface area contributed by atoms with E-state index in [1.807, 2.05) is 51.1 Å². The number of Topliss-reactive ketones (excluding diaryl/α,β-unsaturated/α-hetero) is 1. The van der Waals surface area contributed by atoms with Gasteiger partial charge in [-0.3, -0.25) is 14.3 Å². The lowest BCUT2D eigenvalue weighted by molar-refractivity contribution is -0.128. The van der Waals surface area contributed by atoms with Crippen molar-refractivity contribution in [2.75, 3.05) is 0 Å². The fourth-order valence-corrected chi connectivity index (χ4v) is 5.23. The summed E-state index contributed by atoms with van der Waals surface area (Å²) in [5, 5.41) is 14.3. The molecule has 1 aromatic carbocycles. The second-order valence-corrected chi connectivity index (χ2v) is 8.59. The van der Waals surface area contributed by atoms with E-state index in [1.165, 1.54) is 0 Å². The number of benzene rings is 1. The summed E-state index contributed by atoms with van der Waals surface area (Å²) in [6, 6.07) is 11.3. The summed E-state index contributed by atoms with van der Waals surface area (Å²) < 4.78 is 1.66. The van der Waals surface area contributed by atoms with Crippen LogP contribution in [0.3, 0.4) is 0 Å². The van der Waals surface area contributed by atoms with Gasteiger partial charge in [0.15, 0.2) is 5.78 Å². The first-order valence-corrected chi connectivity index (χ1v) is 9.55. The molecule has 2 atom stereocenters. The maximum atomic E-state index is 13.2. The number of rotatable bonds is 2. The Labute approximate surface area is 164 Å². The summed E-state index contributed by atoms with van der Waals surface area (Å²) in [5.74, 6) is -0.112. The Balaban J connectivity index is 1.91. The molecule has 0 bridgehead atoms. The number of aromatic nitrogens is 2. The number of nitriles is 1. The summed E-state index contributed by atoms with van der Waals surface area (Å²) in [4.78, 5) is 26.0. The minimum absolute atomic E-state index is 0.0340. The van der Waals surface area contributed by atoms with Crippen molar-refractivity contribution in [2.45, 2.75) is 39.0 Å². The van der Waals surface area contributed by atoms with Crippen LogP contribution in [-0.4, -0.2) is 21.3 Å². The molecule has 142 valence electrons. The Hall–Kier alpha value is -3.00. The molecule has 1 heterocycles. The van der Waals surface area contributed by atoms with E-state index in [-0.39, 0.29) is 23.1 Å². The summed E-state index contributed by atoms with van der Waals surface area (Å²) in [6.07, 6.45) is 3.26. The van der Waals surface area contributed by atoms with E-state index >= 15 is 0 Å². The molecule has 0 spiro atoms. The van der Waals surface area contributed by atoms with E-state index in [0.717, 1.165) is 17.7 Å². The maximum absolute atomic E-state index is 13.2. The highest BCUT2D eigenvalue weighted by molar-refractivity contribution is 6.09. The Morgan fingerprint density at radius 2 is 1.93 bits per heavy atom. The molecule has 5 heteroatoms. The Morgan fingerprint density at radius 3 is 2.57 bits per heavy atom. The fraction of sp³-hybridized carbons (Fsp3) is 0.391. The third kappa shape index (κ3) is 2.34. The van der Waals surface area contributed by atoms with Gasteiger partial charge >= 0.3 is 0 Å². The van der Waals surface area contributed by atoms with E-state index < -0.39 is 10.8 Å². The van der Waals surface area contributed by atoms with Crippen molar-refractivity contribution in [2.24, 2.45) is 18.4 Å². The summed E-state index contributed by atoms with van der Waals surface area (Å²) in [6.45, 7) is 5.89. The molecule has 0 saturated heterocycles. The van der Waals surface area contributed by atoms with Crippen LogP contribution in [0.5, 0.6) is 0 Å². The van der Waals surface area contributed by atoms with Gasteiger partial charge < -0.3 is 0 Å². The van der Waals surface area contributed by atoms with Crippen LogP contribution >= 0.6 is 0 Å². The molecule has 2 aliphatic carbocycles. The van der Waals surface area contributed by atoms with Crippen molar-refractivity contribution in [1.29, 1.82) is 5.26 Å². The average molecular weight is 373 g/mol. The SMILES string of the molecule is Cn1nc2c(c1C(=O)c1ccccc1)CCC1C(C)(C)C(=O)C(C#N)=C[C@]21C. The van der Waals surface area contributed by atoms with Gasteiger partial charge in [-0.15, -0.1) is 0 Å². The van der Waals surface area contributed by atoms with Crippen molar-refractivity contribution in [3.05, 3.63) is 64.5 Å². The van der Waals surface area contributed by atoms with Crippen LogP contribution in [0.4, 0.5) is 0 Å². The molecule has 1 unspecified atom stereocenters. The van der Waals surface area contributed by atoms with Crippen molar-refractivity contribution < 1.29 is 9.59 Å². The third-order valence-corrected chi connectivity index (χ3v) is 6.58. The molecule has 5 nitrogen and oxygen atoms in total. The number of carbonyl (C=O) groups excluding carboxylic acids is 2. The predicted octanol–water partition coefficient (Wildman–Crippen LogP) is 3.53. The lowest BCUT2D eigenvalue weighted by Gasteiger charge is -2.49. The van der Waals surface area contributed by atoms with Gasteiger partial charge in [-0.05, 0) is 18.8 Å². The highest BCUT2D eigenvalue weighted by atomic mass is 16.1. The standard InChI is InChI=1S/C23H23N3O2/c1-22(2)17-11-10-16-18(19(27)14-8-6-5-7-9-14)26(4)25-20(16)23(17,3)12-15(13-24)21(22)28/h5-9,12,17H,10-11H2,1-4H3/t17?,23-/m0/s1. The number of ketones is 2. The molecule has 0 fully saturated rings. The van der Waals surface area contributed by atoms with Crippen LogP contribution in [-0.2, 0) is 23.7 Å². The molecule has 28 heavy (non-hydrogen) atoms. The van der Waals surface area contributed by atoms with Crippen molar-refractivity contribution in [3.63, 3.8) is 0 Å². The topological polar surface area (TPSA) is 75.8 Å². The first-order chi connectivity index (χ1) is 13.2. The molecule has 2 aromatic rings. The minimum atomic E-state index is -0.645. The molecule has 1 aromatic heterocycles. The van der Waals surface area contributed by atoms with Crippen LogP contribution in [0.2, 0.25) is 0 Å².